The third-order valence-electron chi connectivity index (χ3n) is 6.67. The second kappa shape index (κ2) is 6.97. The van der Waals surface area contributed by atoms with Gasteiger partial charge in [-0.05, 0) is 61.7 Å². The van der Waals surface area contributed by atoms with Crippen molar-refractivity contribution in [3.05, 3.63) is 30.3 Å². The van der Waals surface area contributed by atoms with E-state index in [0.29, 0.717) is 16.3 Å². The molecule has 4 saturated carbocycles. The number of benzene rings is 1. The summed E-state index contributed by atoms with van der Waals surface area (Å²) in [6.07, 6.45) is 8.31. The lowest BCUT2D eigenvalue weighted by atomic mass is 9.49. The normalized spacial score (nSPS) is 31.2. The second-order valence-electron chi connectivity index (χ2n) is 8.82. The molecule has 5 nitrogen and oxygen atoms in total. The average Bonchev–Trinajstić information content (AvgIpc) is 3.14. The van der Waals surface area contributed by atoms with Crippen LogP contribution in [0.1, 0.15) is 38.5 Å². The molecule has 0 unspecified atom stereocenters. The molecule has 4 aliphatic rings. The van der Waals surface area contributed by atoms with E-state index >= 15 is 0 Å². The zero-order valence-electron chi connectivity index (χ0n) is 15.5. The molecule has 27 heavy (non-hydrogen) atoms. The molecule has 4 fully saturated rings. The molecular weight excluding hydrogens is 356 g/mol. The van der Waals surface area contributed by atoms with Gasteiger partial charge >= 0.3 is 0 Å². The Balaban J connectivity index is 1.13. The molecule has 0 radical (unpaired) electrons. The standard InChI is InChI=1S/C21H26N4OS/c26-18(12-27-20-23-19(24-25-20)17-4-2-1-3-5-17)22-13-21-9-14-6-15(10-21)8-16(7-14)11-21/h1-5,14-16H,6-13H2,(H,22,26)(H,23,24,25). The van der Waals surface area contributed by atoms with Gasteiger partial charge in [-0.2, -0.15) is 0 Å². The highest BCUT2D eigenvalue weighted by molar-refractivity contribution is 7.99. The predicted molar refractivity (Wildman–Crippen MR) is 106 cm³/mol. The molecule has 1 heterocycles. The largest absolute Gasteiger partial charge is 0.355 e. The van der Waals surface area contributed by atoms with Gasteiger partial charge in [0.05, 0.1) is 5.75 Å². The number of H-pyrrole nitrogens is 1. The fraction of sp³-hybridized carbons (Fsp3) is 0.571. The summed E-state index contributed by atoms with van der Waals surface area (Å²) in [5.74, 6) is 3.98. The Morgan fingerprint density at radius 1 is 1.11 bits per heavy atom. The van der Waals surface area contributed by atoms with E-state index in [9.17, 15) is 4.79 Å². The van der Waals surface area contributed by atoms with Crippen molar-refractivity contribution in [2.24, 2.45) is 23.2 Å². The lowest BCUT2D eigenvalue weighted by Gasteiger charge is -2.56. The number of carbonyl (C=O) groups excluding carboxylic acids is 1. The van der Waals surface area contributed by atoms with Gasteiger partial charge in [0.25, 0.3) is 0 Å². The lowest BCUT2D eigenvalue weighted by Crippen LogP contribution is -2.51. The summed E-state index contributed by atoms with van der Waals surface area (Å²) < 4.78 is 0. The van der Waals surface area contributed by atoms with Gasteiger partial charge < -0.3 is 5.32 Å². The Hall–Kier alpha value is -1.82. The van der Waals surface area contributed by atoms with Gasteiger partial charge in [0.2, 0.25) is 11.1 Å². The molecule has 2 N–H and O–H groups in total. The highest BCUT2D eigenvalue weighted by atomic mass is 32.2. The van der Waals surface area contributed by atoms with E-state index in [4.69, 9.17) is 0 Å². The Kier molecular flexibility index (Phi) is 4.46. The van der Waals surface area contributed by atoms with Crippen LogP contribution in [0.2, 0.25) is 0 Å². The first-order chi connectivity index (χ1) is 13.2. The summed E-state index contributed by atoms with van der Waals surface area (Å²) >= 11 is 1.40. The number of aromatic nitrogens is 3. The maximum Gasteiger partial charge on any atom is 0.230 e. The van der Waals surface area contributed by atoms with Crippen LogP contribution in [0.15, 0.2) is 35.5 Å². The Bertz CT molecular complexity index is 783. The summed E-state index contributed by atoms with van der Waals surface area (Å²) in [5.41, 5.74) is 1.39. The quantitative estimate of drug-likeness (QED) is 0.744. The number of hydrogen-bond donors (Lipinski definition) is 2. The molecule has 0 spiro atoms. The first-order valence-corrected chi connectivity index (χ1v) is 11.0. The molecule has 6 rings (SSSR count). The number of hydrogen-bond acceptors (Lipinski definition) is 4. The smallest absolute Gasteiger partial charge is 0.230 e. The van der Waals surface area contributed by atoms with Gasteiger partial charge in [-0.15, -0.1) is 5.10 Å². The minimum atomic E-state index is 0.0989. The van der Waals surface area contributed by atoms with E-state index in [2.05, 4.69) is 20.5 Å². The zero-order chi connectivity index (χ0) is 18.3. The topological polar surface area (TPSA) is 70.7 Å². The third-order valence-corrected chi connectivity index (χ3v) is 7.52. The molecule has 1 aromatic heterocycles. The molecule has 1 amide bonds. The van der Waals surface area contributed by atoms with E-state index in [1.165, 1.54) is 50.3 Å². The number of nitrogens with one attached hydrogen (secondary N) is 2. The number of rotatable bonds is 6. The van der Waals surface area contributed by atoms with E-state index < -0.39 is 0 Å². The van der Waals surface area contributed by atoms with Gasteiger partial charge in [0, 0.05) is 12.1 Å². The van der Waals surface area contributed by atoms with Gasteiger partial charge in [0.1, 0.15) is 0 Å². The van der Waals surface area contributed by atoms with Gasteiger partial charge in [0.15, 0.2) is 5.82 Å². The minimum absolute atomic E-state index is 0.0989. The van der Waals surface area contributed by atoms with E-state index in [1.807, 2.05) is 30.3 Å². The van der Waals surface area contributed by atoms with Crippen LogP contribution in [0.3, 0.4) is 0 Å². The van der Waals surface area contributed by atoms with Crippen LogP contribution in [0.5, 0.6) is 0 Å². The Labute approximate surface area is 164 Å². The molecule has 0 aliphatic heterocycles. The van der Waals surface area contributed by atoms with Crippen molar-refractivity contribution in [2.75, 3.05) is 12.3 Å². The molecule has 1 aromatic carbocycles. The molecule has 4 bridgehead atoms. The molecule has 142 valence electrons. The van der Waals surface area contributed by atoms with Crippen molar-refractivity contribution in [3.63, 3.8) is 0 Å². The molecule has 4 aliphatic carbocycles. The van der Waals surface area contributed by atoms with E-state index in [-0.39, 0.29) is 5.91 Å². The van der Waals surface area contributed by atoms with Crippen LogP contribution < -0.4 is 5.32 Å². The molecule has 0 atom stereocenters. The average molecular weight is 383 g/mol. The maximum absolute atomic E-state index is 12.4. The lowest BCUT2D eigenvalue weighted by molar-refractivity contribution is -0.120. The number of aromatic amines is 1. The molecular formula is C21H26N4OS. The second-order valence-corrected chi connectivity index (χ2v) is 9.76. The van der Waals surface area contributed by atoms with Crippen LogP contribution in [0, 0.1) is 23.2 Å². The van der Waals surface area contributed by atoms with Gasteiger partial charge in [-0.3, -0.25) is 9.89 Å². The van der Waals surface area contributed by atoms with Gasteiger partial charge in [-0.1, -0.05) is 42.1 Å². The predicted octanol–water partition coefficient (Wildman–Crippen LogP) is 3.90. The van der Waals surface area contributed by atoms with Crippen LogP contribution in [0.25, 0.3) is 11.4 Å². The van der Waals surface area contributed by atoms with Crippen molar-refractivity contribution in [2.45, 2.75) is 43.7 Å². The zero-order valence-corrected chi connectivity index (χ0v) is 16.3. The monoisotopic (exact) mass is 382 g/mol. The first-order valence-electron chi connectivity index (χ1n) is 10.0. The van der Waals surface area contributed by atoms with Gasteiger partial charge in [-0.25, -0.2) is 4.98 Å². The van der Waals surface area contributed by atoms with Crippen molar-refractivity contribution >= 4 is 17.7 Å². The third kappa shape index (κ3) is 3.64. The van der Waals surface area contributed by atoms with Crippen molar-refractivity contribution in [1.82, 2.24) is 20.5 Å². The Morgan fingerprint density at radius 2 is 1.78 bits per heavy atom. The Morgan fingerprint density at radius 3 is 2.44 bits per heavy atom. The van der Waals surface area contributed by atoms with Crippen LogP contribution in [-0.4, -0.2) is 33.4 Å². The fourth-order valence-corrected chi connectivity index (χ4v) is 6.64. The maximum atomic E-state index is 12.4. The molecule has 6 heteroatoms. The fourth-order valence-electron chi connectivity index (χ4n) is 6.01. The molecule has 0 saturated heterocycles. The minimum Gasteiger partial charge on any atom is -0.355 e. The summed E-state index contributed by atoms with van der Waals surface area (Å²) in [7, 11) is 0. The number of nitrogens with zero attached hydrogens (tertiary/aromatic N) is 2. The highest BCUT2D eigenvalue weighted by Gasteiger charge is 2.50. The first kappa shape index (κ1) is 17.3. The van der Waals surface area contributed by atoms with Crippen LogP contribution >= 0.6 is 11.8 Å². The van der Waals surface area contributed by atoms with Crippen molar-refractivity contribution in [3.8, 4) is 11.4 Å². The highest BCUT2D eigenvalue weighted by Crippen LogP contribution is 2.59. The van der Waals surface area contributed by atoms with Crippen LogP contribution in [-0.2, 0) is 4.79 Å². The van der Waals surface area contributed by atoms with Crippen LogP contribution in [0.4, 0.5) is 0 Å². The number of amides is 1. The summed E-state index contributed by atoms with van der Waals surface area (Å²) in [6.45, 7) is 0.860. The summed E-state index contributed by atoms with van der Waals surface area (Å²) in [4.78, 5) is 16.9. The summed E-state index contributed by atoms with van der Waals surface area (Å²) in [5, 5.41) is 11.0. The number of thioether (sulfide) groups is 1. The molecule has 2 aromatic rings. The van der Waals surface area contributed by atoms with Crippen molar-refractivity contribution in [1.29, 1.82) is 0 Å². The van der Waals surface area contributed by atoms with Crippen molar-refractivity contribution < 1.29 is 4.79 Å². The number of carbonyl (C=O) groups is 1. The van der Waals surface area contributed by atoms with E-state index in [1.54, 1.807) is 0 Å². The SMILES string of the molecule is O=C(CSc1n[nH]c(-c2ccccc2)n1)NCC12CC3CC(CC(C3)C1)C2. The summed E-state index contributed by atoms with van der Waals surface area (Å²) in [6, 6.07) is 9.91. The van der Waals surface area contributed by atoms with E-state index in [0.717, 1.165) is 35.7 Å².